The highest BCUT2D eigenvalue weighted by molar-refractivity contribution is 5.17. The summed E-state index contributed by atoms with van der Waals surface area (Å²) < 4.78 is 2.19. The summed E-state index contributed by atoms with van der Waals surface area (Å²) in [5.74, 6) is 3.18. The fourth-order valence-electron chi connectivity index (χ4n) is 3.07. The Hall–Kier alpha value is -0.660. The zero-order valence-corrected chi connectivity index (χ0v) is 12.0. The van der Waals surface area contributed by atoms with Crippen LogP contribution >= 0.6 is 0 Å². The number of nitrogens with zero attached hydrogens (tertiary/aromatic N) is 2. The first-order valence-electron chi connectivity index (χ1n) is 7.04. The van der Waals surface area contributed by atoms with Crippen molar-refractivity contribution in [3.05, 3.63) is 12.2 Å². The van der Waals surface area contributed by atoms with Gasteiger partial charge in [0.05, 0.1) is 0 Å². The molecule has 0 aromatic heterocycles. The summed E-state index contributed by atoms with van der Waals surface area (Å²) in [5, 5.41) is 4.61. The quantitative estimate of drug-likeness (QED) is 0.392. The highest BCUT2D eigenvalue weighted by atomic mass is 15.3. The Labute approximate surface area is 106 Å². The van der Waals surface area contributed by atoms with Gasteiger partial charge in [0.25, 0.3) is 0 Å². The van der Waals surface area contributed by atoms with Crippen LogP contribution in [-0.4, -0.2) is 23.8 Å². The maximum Gasteiger partial charge on any atom is 0.181 e. The molecule has 2 rings (SSSR count). The zero-order valence-electron chi connectivity index (χ0n) is 12.0. The molecule has 0 aromatic carbocycles. The summed E-state index contributed by atoms with van der Waals surface area (Å²) in [7, 11) is 2.12. The maximum absolute atomic E-state index is 4.61. The van der Waals surface area contributed by atoms with Gasteiger partial charge in [-0.2, -0.15) is 0 Å². The topological polar surface area (TPSA) is 15.4 Å². The van der Waals surface area contributed by atoms with Crippen LogP contribution < -0.4 is 0 Å². The van der Waals surface area contributed by atoms with E-state index in [0.717, 1.165) is 17.8 Å². The first kappa shape index (κ1) is 12.8. The number of azo groups is 2. The van der Waals surface area contributed by atoms with Gasteiger partial charge in [-0.05, 0) is 43.1 Å². The lowest BCUT2D eigenvalue weighted by atomic mass is 9.92. The lowest BCUT2D eigenvalue weighted by Crippen LogP contribution is -2.15. The van der Waals surface area contributed by atoms with Crippen molar-refractivity contribution in [2.24, 2.45) is 28.8 Å². The van der Waals surface area contributed by atoms with E-state index in [1.54, 1.807) is 0 Å². The Balaban J connectivity index is 1.88. The zero-order chi connectivity index (χ0) is 12.7. The lowest BCUT2D eigenvalue weighted by molar-refractivity contribution is -0.586. The van der Waals surface area contributed by atoms with Crippen LogP contribution in [0.1, 0.15) is 40.5 Å². The third kappa shape index (κ3) is 2.78. The molecule has 0 aliphatic heterocycles. The van der Waals surface area contributed by atoms with Gasteiger partial charge in [-0.25, -0.2) is 0 Å². The van der Waals surface area contributed by atoms with Gasteiger partial charge in [0.2, 0.25) is 0 Å². The molecule has 5 atom stereocenters. The third-order valence-corrected chi connectivity index (χ3v) is 4.51. The summed E-state index contributed by atoms with van der Waals surface area (Å²) in [4.78, 5) is 0. The van der Waals surface area contributed by atoms with E-state index in [-0.39, 0.29) is 0 Å². The van der Waals surface area contributed by atoms with E-state index in [2.05, 4.69) is 51.1 Å². The van der Waals surface area contributed by atoms with E-state index >= 15 is 0 Å². The SMILES string of the molecule is C=C(C(C)C1CC1[N+](C)=NC(C)C)C1CC1C. The van der Waals surface area contributed by atoms with Crippen LogP contribution in [0.15, 0.2) is 17.3 Å². The summed E-state index contributed by atoms with van der Waals surface area (Å²) in [6, 6.07) is 1.07. The molecule has 0 spiro atoms. The third-order valence-electron chi connectivity index (χ3n) is 4.51. The van der Waals surface area contributed by atoms with Crippen molar-refractivity contribution >= 4 is 0 Å². The second kappa shape index (κ2) is 4.55. The van der Waals surface area contributed by atoms with Crippen molar-refractivity contribution in [1.29, 1.82) is 0 Å². The molecular weight excluding hydrogens is 208 g/mol. The van der Waals surface area contributed by atoms with Gasteiger partial charge < -0.3 is 0 Å². The van der Waals surface area contributed by atoms with Crippen molar-refractivity contribution in [1.82, 2.24) is 0 Å². The summed E-state index contributed by atoms with van der Waals surface area (Å²) >= 11 is 0. The van der Waals surface area contributed by atoms with Gasteiger partial charge in [0.15, 0.2) is 13.1 Å². The van der Waals surface area contributed by atoms with Crippen molar-refractivity contribution in [3.8, 4) is 0 Å². The van der Waals surface area contributed by atoms with E-state index in [0.29, 0.717) is 18.0 Å². The molecule has 0 heterocycles. The molecule has 2 aliphatic rings. The summed E-state index contributed by atoms with van der Waals surface area (Å²) in [6.45, 7) is 13.3. The van der Waals surface area contributed by atoms with Crippen molar-refractivity contribution in [2.45, 2.75) is 52.6 Å². The molecule has 2 fully saturated rings. The van der Waals surface area contributed by atoms with Crippen molar-refractivity contribution in [2.75, 3.05) is 7.05 Å². The molecule has 17 heavy (non-hydrogen) atoms. The van der Waals surface area contributed by atoms with Gasteiger partial charge in [-0.3, -0.25) is 0 Å². The summed E-state index contributed by atoms with van der Waals surface area (Å²) in [6.07, 6.45) is 2.67. The number of allylic oxidation sites excluding steroid dienone is 1. The molecule has 2 saturated carbocycles. The minimum Gasteiger partial charge on any atom is -0.127 e. The van der Waals surface area contributed by atoms with Gasteiger partial charge in [-0.15, -0.1) is 4.70 Å². The predicted octanol–water partition coefficient (Wildman–Crippen LogP) is 3.73. The number of hydrogen-bond acceptors (Lipinski definition) is 1. The van der Waals surface area contributed by atoms with Gasteiger partial charge in [-0.1, -0.05) is 26.0 Å². The molecular formula is C15H27N2+. The molecule has 2 nitrogen and oxygen atoms in total. The van der Waals surface area contributed by atoms with Crippen LogP contribution in [0.4, 0.5) is 0 Å². The van der Waals surface area contributed by atoms with E-state index in [9.17, 15) is 0 Å². The molecule has 96 valence electrons. The molecule has 0 bridgehead atoms. The minimum atomic E-state index is 0.406. The predicted molar refractivity (Wildman–Crippen MR) is 71.2 cm³/mol. The molecule has 0 amide bonds. The first-order chi connectivity index (χ1) is 7.91. The number of hydrogen-bond donors (Lipinski definition) is 0. The van der Waals surface area contributed by atoms with Crippen LogP contribution in [0.3, 0.4) is 0 Å². The normalized spacial score (nSPS) is 38.1. The molecule has 0 saturated heterocycles. The van der Waals surface area contributed by atoms with Gasteiger partial charge >= 0.3 is 0 Å². The fourth-order valence-corrected chi connectivity index (χ4v) is 3.07. The van der Waals surface area contributed by atoms with Crippen LogP contribution in [0.25, 0.3) is 0 Å². The molecule has 5 unspecified atom stereocenters. The van der Waals surface area contributed by atoms with Crippen LogP contribution in [0, 0.1) is 23.7 Å². The Morgan fingerprint density at radius 1 is 1.29 bits per heavy atom. The second-order valence-corrected chi connectivity index (χ2v) is 6.43. The van der Waals surface area contributed by atoms with Crippen LogP contribution in [-0.2, 0) is 0 Å². The number of rotatable bonds is 5. The molecule has 0 radical (unpaired) electrons. The van der Waals surface area contributed by atoms with Gasteiger partial charge in [0, 0.05) is 12.3 Å². The van der Waals surface area contributed by atoms with E-state index in [1.165, 1.54) is 18.4 Å². The van der Waals surface area contributed by atoms with Crippen LogP contribution in [0.5, 0.6) is 0 Å². The smallest absolute Gasteiger partial charge is 0.127 e. The van der Waals surface area contributed by atoms with E-state index in [1.807, 2.05) is 0 Å². The van der Waals surface area contributed by atoms with Crippen LogP contribution in [0.2, 0.25) is 0 Å². The molecule has 0 aromatic rings. The Morgan fingerprint density at radius 3 is 2.35 bits per heavy atom. The van der Waals surface area contributed by atoms with E-state index in [4.69, 9.17) is 0 Å². The minimum absolute atomic E-state index is 0.406. The van der Waals surface area contributed by atoms with E-state index < -0.39 is 0 Å². The molecule has 0 N–H and O–H groups in total. The Kier molecular flexibility index (Phi) is 3.42. The highest BCUT2D eigenvalue weighted by Crippen LogP contribution is 2.51. The maximum atomic E-state index is 4.61. The van der Waals surface area contributed by atoms with Gasteiger partial charge in [0.1, 0.15) is 6.04 Å². The average molecular weight is 235 g/mol. The largest absolute Gasteiger partial charge is 0.181 e. The highest BCUT2D eigenvalue weighted by Gasteiger charge is 2.52. The monoisotopic (exact) mass is 235 g/mol. The van der Waals surface area contributed by atoms with Crippen molar-refractivity contribution < 1.29 is 4.70 Å². The Bertz CT molecular complexity index is 343. The molecule has 2 heteroatoms. The summed E-state index contributed by atoms with van der Waals surface area (Å²) in [5.41, 5.74) is 1.50. The average Bonchev–Trinajstić information content (AvgIpc) is 3.08. The Morgan fingerprint density at radius 2 is 1.88 bits per heavy atom. The standard InChI is InChI=1S/C15H27N2/c1-9(2)16-17(6)15-8-14(15)12(5)11(4)13-7-10(13)3/h9-10,12-15H,4,7-8H2,1-3,5-6H3/q+1. The van der Waals surface area contributed by atoms with Crippen molar-refractivity contribution in [3.63, 3.8) is 0 Å². The molecule has 2 aliphatic carbocycles. The fraction of sp³-hybridized carbons (Fsp3) is 0.867. The lowest BCUT2D eigenvalue weighted by Gasteiger charge is -2.12. The first-order valence-corrected chi connectivity index (χ1v) is 7.04. The second-order valence-electron chi connectivity index (χ2n) is 6.43.